The molecule has 0 radical (unpaired) electrons. The normalized spacial score (nSPS) is 16.4. The molecule has 0 aromatic heterocycles. The Morgan fingerprint density at radius 2 is 2.15 bits per heavy atom. The van der Waals surface area contributed by atoms with E-state index in [1.807, 2.05) is 0 Å². The number of hydrogen-bond donors (Lipinski definition) is 0. The molecule has 0 unspecified atom stereocenters. The van der Waals surface area contributed by atoms with E-state index in [1.54, 1.807) is 36.4 Å². The molecular formula is C20H15ClO6. The summed E-state index contributed by atoms with van der Waals surface area (Å²) in [6, 6.07) is 8.32. The van der Waals surface area contributed by atoms with Gasteiger partial charge < -0.3 is 18.9 Å². The van der Waals surface area contributed by atoms with Gasteiger partial charge in [-0.2, -0.15) is 0 Å². The number of hydrogen-bond acceptors (Lipinski definition) is 6. The standard InChI is InChI=1S/C20H15ClO6/c1-11(22)8-25-15-2-3-16-17(7-15)27-18(19(16)23)6-12-4-14(21)5-13-9-24-10-26-20(12)13/h2-7H,8-10H2,1H3. The van der Waals surface area contributed by atoms with Crippen LogP contribution < -0.4 is 14.2 Å². The van der Waals surface area contributed by atoms with Crippen LogP contribution in [0.3, 0.4) is 0 Å². The summed E-state index contributed by atoms with van der Waals surface area (Å²) >= 11 is 6.16. The van der Waals surface area contributed by atoms with Gasteiger partial charge in [0.05, 0.1) is 12.2 Å². The first kappa shape index (κ1) is 17.6. The van der Waals surface area contributed by atoms with Crippen LogP contribution in [0, 0.1) is 0 Å². The minimum absolute atomic E-state index is 0.0382. The predicted molar refractivity (Wildman–Crippen MR) is 97.3 cm³/mol. The number of benzene rings is 2. The SMILES string of the molecule is CC(=O)COc1ccc2c(c1)OC(=Cc1cc(Cl)cc3c1OCOC3)C2=O. The summed E-state index contributed by atoms with van der Waals surface area (Å²) in [6.45, 7) is 1.92. The molecule has 0 N–H and O–H groups in total. The van der Waals surface area contributed by atoms with Gasteiger partial charge in [0, 0.05) is 22.2 Å². The van der Waals surface area contributed by atoms with E-state index < -0.39 is 0 Å². The van der Waals surface area contributed by atoms with Crippen molar-refractivity contribution in [3.05, 3.63) is 57.8 Å². The van der Waals surface area contributed by atoms with Crippen molar-refractivity contribution in [2.75, 3.05) is 13.4 Å². The van der Waals surface area contributed by atoms with E-state index in [2.05, 4.69) is 0 Å². The molecule has 7 heteroatoms. The van der Waals surface area contributed by atoms with Gasteiger partial charge in [-0.05, 0) is 37.3 Å². The van der Waals surface area contributed by atoms with E-state index in [0.29, 0.717) is 40.0 Å². The highest BCUT2D eigenvalue weighted by atomic mass is 35.5. The fraction of sp³-hybridized carbons (Fsp3) is 0.200. The van der Waals surface area contributed by atoms with E-state index in [4.69, 9.17) is 30.5 Å². The molecule has 2 aromatic carbocycles. The lowest BCUT2D eigenvalue weighted by Crippen LogP contribution is -2.12. The topological polar surface area (TPSA) is 71.1 Å². The molecule has 2 aliphatic rings. The first-order valence-electron chi connectivity index (χ1n) is 8.25. The van der Waals surface area contributed by atoms with Crippen molar-refractivity contribution < 1.29 is 28.5 Å². The highest BCUT2D eigenvalue weighted by Gasteiger charge is 2.28. The second-order valence-corrected chi connectivity index (χ2v) is 6.62. The van der Waals surface area contributed by atoms with Gasteiger partial charge in [0.25, 0.3) is 0 Å². The average molecular weight is 387 g/mol. The Kier molecular flexibility index (Phi) is 4.59. The molecule has 0 saturated heterocycles. The van der Waals surface area contributed by atoms with Crippen LogP contribution in [0.25, 0.3) is 6.08 Å². The summed E-state index contributed by atoms with van der Waals surface area (Å²) in [5.74, 6) is 1.28. The molecule has 0 spiro atoms. The summed E-state index contributed by atoms with van der Waals surface area (Å²) in [7, 11) is 0. The fourth-order valence-electron chi connectivity index (χ4n) is 2.90. The molecule has 27 heavy (non-hydrogen) atoms. The lowest BCUT2D eigenvalue weighted by Gasteiger charge is -2.20. The van der Waals surface area contributed by atoms with Crippen molar-refractivity contribution in [2.24, 2.45) is 0 Å². The van der Waals surface area contributed by atoms with Crippen molar-refractivity contribution in [1.82, 2.24) is 0 Å². The molecular weight excluding hydrogens is 372 g/mol. The number of ether oxygens (including phenoxy) is 4. The number of Topliss-reactive ketones (excluding diaryl/α,β-unsaturated/α-hetero) is 2. The van der Waals surface area contributed by atoms with Gasteiger partial charge in [-0.25, -0.2) is 0 Å². The maximum atomic E-state index is 12.6. The van der Waals surface area contributed by atoms with Gasteiger partial charge in [-0.3, -0.25) is 9.59 Å². The monoisotopic (exact) mass is 386 g/mol. The zero-order chi connectivity index (χ0) is 19.0. The molecule has 4 rings (SSSR count). The largest absolute Gasteiger partial charge is 0.486 e. The van der Waals surface area contributed by atoms with E-state index >= 15 is 0 Å². The zero-order valence-electron chi connectivity index (χ0n) is 14.4. The third-order valence-electron chi connectivity index (χ3n) is 4.07. The number of halogens is 1. The second kappa shape index (κ2) is 7.06. The van der Waals surface area contributed by atoms with Crippen LogP contribution in [-0.4, -0.2) is 25.0 Å². The van der Waals surface area contributed by atoms with Crippen LogP contribution in [0.1, 0.15) is 28.4 Å². The summed E-state index contributed by atoms with van der Waals surface area (Å²) in [4.78, 5) is 23.7. The average Bonchev–Trinajstić information content (AvgIpc) is 2.95. The van der Waals surface area contributed by atoms with Crippen LogP contribution in [-0.2, 0) is 16.1 Å². The molecule has 0 bridgehead atoms. The molecule has 2 aromatic rings. The van der Waals surface area contributed by atoms with Crippen LogP contribution in [0.15, 0.2) is 36.1 Å². The zero-order valence-corrected chi connectivity index (χ0v) is 15.2. The Balaban J connectivity index is 1.65. The molecule has 6 nitrogen and oxygen atoms in total. The number of rotatable bonds is 4. The van der Waals surface area contributed by atoms with Crippen LogP contribution in [0.2, 0.25) is 5.02 Å². The van der Waals surface area contributed by atoms with Gasteiger partial charge >= 0.3 is 0 Å². The minimum Gasteiger partial charge on any atom is -0.486 e. The van der Waals surface area contributed by atoms with E-state index in [1.165, 1.54) is 6.92 Å². The molecule has 2 aliphatic heterocycles. The Morgan fingerprint density at radius 1 is 1.30 bits per heavy atom. The van der Waals surface area contributed by atoms with E-state index in [-0.39, 0.29) is 30.7 Å². The lowest BCUT2D eigenvalue weighted by molar-refractivity contribution is -0.118. The fourth-order valence-corrected chi connectivity index (χ4v) is 3.15. The maximum absolute atomic E-state index is 12.6. The van der Waals surface area contributed by atoms with Gasteiger partial charge in [-0.15, -0.1) is 0 Å². The molecule has 0 atom stereocenters. The highest BCUT2D eigenvalue weighted by molar-refractivity contribution is 6.31. The second-order valence-electron chi connectivity index (χ2n) is 6.18. The van der Waals surface area contributed by atoms with Crippen molar-refractivity contribution >= 4 is 29.2 Å². The van der Waals surface area contributed by atoms with Crippen LogP contribution in [0.4, 0.5) is 0 Å². The predicted octanol–water partition coefficient (Wildman–Crippen LogP) is 3.79. The summed E-state index contributed by atoms with van der Waals surface area (Å²) in [6.07, 6.45) is 1.61. The molecule has 0 amide bonds. The van der Waals surface area contributed by atoms with Gasteiger partial charge in [-0.1, -0.05) is 11.6 Å². The number of allylic oxidation sites excluding steroid dienone is 1. The minimum atomic E-state index is -0.246. The molecule has 0 fully saturated rings. The van der Waals surface area contributed by atoms with Gasteiger partial charge in [0.2, 0.25) is 5.78 Å². The van der Waals surface area contributed by atoms with Gasteiger partial charge in [0.1, 0.15) is 23.9 Å². The lowest BCUT2D eigenvalue weighted by atomic mass is 10.1. The first-order chi connectivity index (χ1) is 13.0. The number of fused-ring (bicyclic) bond motifs is 2. The quantitative estimate of drug-likeness (QED) is 0.744. The first-order valence-corrected chi connectivity index (χ1v) is 8.62. The third kappa shape index (κ3) is 3.54. The summed E-state index contributed by atoms with van der Waals surface area (Å²) in [5.41, 5.74) is 1.88. The van der Waals surface area contributed by atoms with E-state index in [0.717, 1.165) is 5.56 Å². The molecule has 138 valence electrons. The number of ketones is 2. The molecule has 2 heterocycles. The summed E-state index contributed by atoms with van der Waals surface area (Å²) < 4.78 is 21.9. The highest BCUT2D eigenvalue weighted by Crippen LogP contribution is 2.38. The number of carbonyl (C=O) groups excluding carboxylic acids is 2. The van der Waals surface area contributed by atoms with Crippen LogP contribution in [0.5, 0.6) is 17.2 Å². The van der Waals surface area contributed by atoms with Crippen molar-refractivity contribution in [3.63, 3.8) is 0 Å². The summed E-state index contributed by atoms with van der Waals surface area (Å²) in [5, 5.41) is 0.512. The van der Waals surface area contributed by atoms with Crippen molar-refractivity contribution in [1.29, 1.82) is 0 Å². The smallest absolute Gasteiger partial charge is 0.231 e. The Hall–Kier alpha value is -2.83. The Labute approximate surface area is 160 Å². The number of carbonyl (C=O) groups is 2. The maximum Gasteiger partial charge on any atom is 0.231 e. The van der Waals surface area contributed by atoms with Gasteiger partial charge in [0.15, 0.2) is 18.3 Å². The van der Waals surface area contributed by atoms with Crippen LogP contribution >= 0.6 is 11.6 Å². The Bertz CT molecular complexity index is 979. The third-order valence-corrected chi connectivity index (χ3v) is 4.29. The molecule has 0 saturated carbocycles. The molecule has 0 aliphatic carbocycles. The Morgan fingerprint density at radius 3 is 2.96 bits per heavy atom. The van der Waals surface area contributed by atoms with Crippen molar-refractivity contribution in [3.8, 4) is 17.2 Å². The van der Waals surface area contributed by atoms with E-state index in [9.17, 15) is 9.59 Å². The van der Waals surface area contributed by atoms with Crippen molar-refractivity contribution in [2.45, 2.75) is 13.5 Å².